The molecule has 218 valence electrons. The van der Waals surface area contributed by atoms with Gasteiger partial charge in [0.25, 0.3) is 0 Å². The SMILES string of the molecule is Oc1c(-c2cc(C(F)(F)F)n[nH]2)ccc(C#CCCN2CCN(C3COC3)CC2)c1-c1ccc(Cl)c(C(F)(F)F)c1. The maximum Gasteiger partial charge on any atom is 0.435 e. The first-order valence-electron chi connectivity index (χ1n) is 12.8. The molecule has 2 aliphatic rings. The van der Waals surface area contributed by atoms with Crippen LogP contribution in [0.4, 0.5) is 26.3 Å². The summed E-state index contributed by atoms with van der Waals surface area (Å²) in [5.74, 6) is 5.42. The van der Waals surface area contributed by atoms with Crippen LogP contribution in [0.15, 0.2) is 36.4 Å². The maximum absolute atomic E-state index is 13.6. The number of nitrogens with zero attached hydrogens (tertiary/aromatic N) is 3. The molecule has 13 heteroatoms. The van der Waals surface area contributed by atoms with Gasteiger partial charge < -0.3 is 9.84 Å². The Hall–Kier alpha value is -3.24. The number of aromatic amines is 1. The van der Waals surface area contributed by atoms with E-state index in [9.17, 15) is 31.4 Å². The Labute approximate surface area is 236 Å². The maximum atomic E-state index is 13.6. The van der Waals surface area contributed by atoms with E-state index in [2.05, 4.69) is 31.8 Å². The number of halogens is 7. The zero-order chi connectivity index (χ0) is 29.4. The molecule has 2 fully saturated rings. The van der Waals surface area contributed by atoms with Crippen molar-refractivity contribution < 1.29 is 36.2 Å². The Morgan fingerprint density at radius 2 is 1.73 bits per heavy atom. The number of nitrogens with one attached hydrogen (secondary N) is 1. The first kappa shape index (κ1) is 29.3. The van der Waals surface area contributed by atoms with E-state index >= 15 is 0 Å². The van der Waals surface area contributed by atoms with E-state index in [0.717, 1.165) is 51.5 Å². The molecule has 41 heavy (non-hydrogen) atoms. The van der Waals surface area contributed by atoms with Gasteiger partial charge in [0.15, 0.2) is 5.69 Å². The molecule has 0 radical (unpaired) electrons. The van der Waals surface area contributed by atoms with Crippen LogP contribution in [-0.4, -0.2) is 77.1 Å². The highest BCUT2D eigenvalue weighted by Gasteiger charge is 2.35. The van der Waals surface area contributed by atoms with Crippen molar-refractivity contribution >= 4 is 11.6 Å². The van der Waals surface area contributed by atoms with Gasteiger partial charge in [-0.3, -0.25) is 14.9 Å². The van der Waals surface area contributed by atoms with Crippen molar-refractivity contribution in [1.29, 1.82) is 0 Å². The largest absolute Gasteiger partial charge is 0.507 e. The minimum absolute atomic E-state index is 0.0444. The van der Waals surface area contributed by atoms with Gasteiger partial charge in [0, 0.05) is 55.8 Å². The van der Waals surface area contributed by atoms with Crippen LogP contribution in [0.5, 0.6) is 5.75 Å². The van der Waals surface area contributed by atoms with E-state index in [0.29, 0.717) is 25.1 Å². The van der Waals surface area contributed by atoms with Crippen LogP contribution >= 0.6 is 11.6 Å². The highest BCUT2D eigenvalue weighted by atomic mass is 35.5. The third kappa shape index (κ3) is 6.48. The Bertz CT molecular complexity index is 1460. The van der Waals surface area contributed by atoms with Gasteiger partial charge in [0.2, 0.25) is 0 Å². The van der Waals surface area contributed by atoms with Gasteiger partial charge in [-0.2, -0.15) is 31.4 Å². The topological polar surface area (TPSA) is 64.6 Å². The summed E-state index contributed by atoms with van der Waals surface area (Å²) >= 11 is 5.79. The number of piperazine rings is 1. The molecule has 2 aromatic carbocycles. The molecule has 1 aromatic heterocycles. The van der Waals surface area contributed by atoms with E-state index in [1.807, 2.05) is 0 Å². The second-order valence-electron chi connectivity index (χ2n) is 9.86. The number of hydrogen-bond acceptors (Lipinski definition) is 5. The highest BCUT2D eigenvalue weighted by molar-refractivity contribution is 6.31. The molecular formula is C28H25ClF6N4O2. The number of phenolic OH excluding ortho intramolecular Hbond substituents is 1. The van der Waals surface area contributed by atoms with Gasteiger partial charge in [-0.05, 0) is 35.9 Å². The van der Waals surface area contributed by atoms with E-state index < -0.39 is 34.4 Å². The Morgan fingerprint density at radius 1 is 1.00 bits per heavy atom. The normalized spacial score (nSPS) is 17.2. The van der Waals surface area contributed by atoms with Crippen molar-refractivity contribution in [1.82, 2.24) is 20.0 Å². The highest BCUT2D eigenvalue weighted by Crippen LogP contribution is 2.44. The molecule has 0 aliphatic carbocycles. The van der Waals surface area contributed by atoms with E-state index in [4.69, 9.17) is 16.3 Å². The van der Waals surface area contributed by atoms with Crippen molar-refractivity contribution in [2.45, 2.75) is 24.8 Å². The number of aromatic hydroxyl groups is 1. The summed E-state index contributed by atoms with van der Waals surface area (Å²) in [5.41, 5.74) is -2.44. The van der Waals surface area contributed by atoms with Crippen molar-refractivity contribution in [2.75, 3.05) is 45.9 Å². The molecule has 5 rings (SSSR count). The van der Waals surface area contributed by atoms with Crippen LogP contribution in [0.3, 0.4) is 0 Å². The molecule has 0 bridgehead atoms. The van der Waals surface area contributed by atoms with Crippen LogP contribution in [0.2, 0.25) is 5.02 Å². The molecule has 0 spiro atoms. The third-order valence-corrected chi connectivity index (χ3v) is 7.55. The first-order chi connectivity index (χ1) is 19.4. The first-order valence-corrected chi connectivity index (χ1v) is 13.2. The van der Waals surface area contributed by atoms with E-state index in [1.165, 1.54) is 18.2 Å². The third-order valence-electron chi connectivity index (χ3n) is 7.22. The summed E-state index contributed by atoms with van der Waals surface area (Å²) in [6.07, 6.45) is -9.03. The fourth-order valence-corrected chi connectivity index (χ4v) is 5.09. The van der Waals surface area contributed by atoms with Gasteiger partial charge >= 0.3 is 12.4 Å². The van der Waals surface area contributed by atoms with Gasteiger partial charge in [-0.25, -0.2) is 0 Å². The number of ether oxygens (including phenoxy) is 1. The molecular weight excluding hydrogens is 574 g/mol. The number of rotatable bonds is 5. The average molecular weight is 599 g/mol. The summed E-state index contributed by atoms with van der Waals surface area (Å²) in [7, 11) is 0. The molecule has 3 aromatic rings. The van der Waals surface area contributed by atoms with Gasteiger partial charge in [-0.15, -0.1) is 0 Å². The van der Waals surface area contributed by atoms with Crippen LogP contribution in [0.25, 0.3) is 22.4 Å². The molecule has 0 saturated carbocycles. The van der Waals surface area contributed by atoms with Gasteiger partial charge in [0.1, 0.15) is 5.75 Å². The summed E-state index contributed by atoms with van der Waals surface area (Å²) in [6, 6.07) is 7.13. The number of benzene rings is 2. The lowest BCUT2D eigenvalue weighted by Crippen LogP contribution is -2.56. The zero-order valence-corrected chi connectivity index (χ0v) is 22.3. The fraction of sp³-hybridized carbons (Fsp3) is 0.393. The Balaban J connectivity index is 1.43. The van der Waals surface area contributed by atoms with E-state index in [-0.39, 0.29) is 27.9 Å². The van der Waals surface area contributed by atoms with Crippen molar-refractivity contribution in [3.63, 3.8) is 0 Å². The minimum atomic E-state index is -4.77. The van der Waals surface area contributed by atoms with Crippen molar-refractivity contribution in [3.8, 4) is 40.0 Å². The molecule has 6 nitrogen and oxygen atoms in total. The summed E-state index contributed by atoms with van der Waals surface area (Å²) in [5, 5.41) is 16.1. The van der Waals surface area contributed by atoms with Gasteiger partial charge in [-0.1, -0.05) is 29.5 Å². The molecule has 2 N–H and O–H groups in total. The summed E-state index contributed by atoms with van der Waals surface area (Å²) < 4.78 is 85.4. The predicted octanol–water partition coefficient (Wildman–Crippen LogP) is 5.90. The second-order valence-corrected chi connectivity index (χ2v) is 10.3. The summed E-state index contributed by atoms with van der Waals surface area (Å²) in [6.45, 7) is 5.85. The quantitative estimate of drug-likeness (QED) is 0.283. The van der Waals surface area contributed by atoms with Crippen LogP contribution in [0, 0.1) is 11.8 Å². The second kappa shape index (κ2) is 11.6. The summed E-state index contributed by atoms with van der Waals surface area (Å²) in [4.78, 5) is 4.68. The Kier molecular flexibility index (Phi) is 8.25. The average Bonchev–Trinajstić information content (AvgIpc) is 3.37. The molecule has 0 amide bonds. The number of H-pyrrole nitrogens is 1. The molecule has 3 heterocycles. The number of aromatic nitrogens is 2. The smallest absolute Gasteiger partial charge is 0.435 e. The number of alkyl halides is 6. The molecule has 0 unspecified atom stereocenters. The van der Waals surface area contributed by atoms with Crippen LogP contribution < -0.4 is 0 Å². The molecule has 2 aliphatic heterocycles. The number of phenols is 1. The molecule has 0 atom stereocenters. The monoisotopic (exact) mass is 598 g/mol. The standard InChI is InChI=1S/C28H25ClF6N4O2/c29-22-7-5-18(13-21(22)27(30,31)32)25-17(3-1-2-8-38-9-11-39(12-10-38)19-15-41-16-19)4-6-20(26(25)40)23-14-24(37-36-23)28(33,34)35/h4-7,13-14,19,40H,2,8-12,15-16H2,(H,36,37). The van der Waals surface area contributed by atoms with Crippen LogP contribution in [-0.2, 0) is 17.1 Å². The van der Waals surface area contributed by atoms with Gasteiger partial charge in [0.05, 0.1) is 35.5 Å². The van der Waals surface area contributed by atoms with Crippen molar-refractivity contribution in [3.05, 3.63) is 58.2 Å². The predicted molar refractivity (Wildman–Crippen MR) is 140 cm³/mol. The Morgan fingerprint density at radius 3 is 2.34 bits per heavy atom. The minimum Gasteiger partial charge on any atom is -0.507 e. The zero-order valence-electron chi connectivity index (χ0n) is 21.5. The van der Waals surface area contributed by atoms with E-state index in [1.54, 1.807) is 0 Å². The van der Waals surface area contributed by atoms with Crippen molar-refractivity contribution in [2.24, 2.45) is 0 Å². The lowest BCUT2D eigenvalue weighted by atomic mass is 9.93. The van der Waals surface area contributed by atoms with Crippen LogP contribution in [0.1, 0.15) is 23.2 Å². The lowest BCUT2D eigenvalue weighted by Gasteiger charge is -2.42. The lowest BCUT2D eigenvalue weighted by molar-refractivity contribution is -0.141. The fourth-order valence-electron chi connectivity index (χ4n) is 4.87. The number of hydrogen-bond donors (Lipinski definition) is 2. The molecule has 2 saturated heterocycles.